The van der Waals surface area contributed by atoms with E-state index in [4.69, 9.17) is 9.47 Å². The quantitative estimate of drug-likeness (QED) is 0.384. The van der Waals surface area contributed by atoms with Crippen molar-refractivity contribution >= 4 is 34.5 Å². The van der Waals surface area contributed by atoms with Crippen molar-refractivity contribution in [3.63, 3.8) is 0 Å². The van der Waals surface area contributed by atoms with Crippen LogP contribution in [0.2, 0.25) is 0 Å². The average molecular weight is 426 g/mol. The minimum Gasteiger partial charge on any atom is -0.481 e. The second kappa shape index (κ2) is 7.95. The highest BCUT2D eigenvalue weighted by molar-refractivity contribution is 14.1. The number of carboxylic acid groups (broad SMARTS) is 1. The molecule has 0 radical (unpaired) electrons. The fourth-order valence-electron chi connectivity index (χ4n) is 2.98. The van der Waals surface area contributed by atoms with E-state index < -0.39 is 22.9 Å². The number of alkyl halides is 1. The topological polar surface area (TPSA) is 72.8 Å². The molecule has 0 aromatic rings. The van der Waals surface area contributed by atoms with E-state index in [1.807, 2.05) is 20.8 Å². The molecule has 22 heavy (non-hydrogen) atoms. The van der Waals surface area contributed by atoms with Crippen LogP contribution in [0.4, 0.5) is 0 Å². The molecular formula is C16H27IO5. The summed E-state index contributed by atoms with van der Waals surface area (Å²) in [6.45, 7) is 5.89. The van der Waals surface area contributed by atoms with Crippen molar-refractivity contribution in [3.8, 4) is 0 Å². The van der Waals surface area contributed by atoms with Gasteiger partial charge in [-0.1, -0.05) is 29.0 Å². The number of carbonyl (C=O) groups is 2. The van der Waals surface area contributed by atoms with E-state index in [0.29, 0.717) is 25.9 Å². The summed E-state index contributed by atoms with van der Waals surface area (Å²) in [5.41, 5.74) is -1.39. The molecule has 1 fully saturated rings. The van der Waals surface area contributed by atoms with E-state index in [0.717, 1.165) is 12.8 Å². The molecular weight excluding hydrogens is 399 g/mol. The second-order valence-corrected chi connectivity index (χ2v) is 8.54. The van der Waals surface area contributed by atoms with Crippen molar-refractivity contribution in [2.45, 2.75) is 62.4 Å². The van der Waals surface area contributed by atoms with Gasteiger partial charge in [-0.05, 0) is 46.5 Å². The van der Waals surface area contributed by atoms with Crippen LogP contribution < -0.4 is 0 Å². The molecule has 0 heterocycles. The van der Waals surface area contributed by atoms with Gasteiger partial charge in [-0.3, -0.25) is 9.59 Å². The zero-order chi connectivity index (χ0) is 17.0. The lowest BCUT2D eigenvalue weighted by Gasteiger charge is -2.32. The van der Waals surface area contributed by atoms with E-state index in [1.54, 1.807) is 7.11 Å². The Morgan fingerprint density at radius 3 is 2.45 bits per heavy atom. The fourth-order valence-corrected chi connectivity index (χ4v) is 4.25. The lowest BCUT2D eigenvalue weighted by atomic mass is 9.76. The van der Waals surface area contributed by atoms with Gasteiger partial charge < -0.3 is 14.6 Å². The second-order valence-electron chi connectivity index (χ2n) is 7.04. The molecule has 0 spiro atoms. The maximum atomic E-state index is 12.5. The molecule has 1 rings (SSSR count). The first-order valence-corrected chi connectivity index (χ1v) is 8.96. The molecule has 1 saturated carbocycles. The Labute approximate surface area is 146 Å². The lowest BCUT2D eigenvalue weighted by molar-refractivity contribution is -0.163. The molecule has 0 aromatic carbocycles. The molecule has 0 amide bonds. The summed E-state index contributed by atoms with van der Waals surface area (Å²) < 4.78 is 10.6. The van der Waals surface area contributed by atoms with Gasteiger partial charge in [0.1, 0.15) is 5.60 Å². The van der Waals surface area contributed by atoms with E-state index in [-0.39, 0.29) is 9.89 Å². The van der Waals surface area contributed by atoms with E-state index in [9.17, 15) is 14.7 Å². The minimum atomic E-state index is -0.824. The fraction of sp³-hybridized carbons (Fsp3) is 0.875. The van der Waals surface area contributed by atoms with Crippen LogP contribution in [0, 0.1) is 11.3 Å². The first-order valence-electron chi connectivity index (χ1n) is 7.71. The number of methoxy groups -OCH3 is 1. The van der Waals surface area contributed by atoms with Crippen LogP contribution in [0.15, 0.2) is 0 Å². The van der Waals surface area contributed by atoms with Gasteiger partial charge in [0, 0.05) is 17.6 Å². The molecule has 1 N–H and O–H groups in total. The number of hydrogen-bond donors (Lipinski definition) is 1. The SMILES string of the molecule is COCC[C@H](CC1(C(=O)O)CCCC1I)C(=O)OC(C)(C)C. The van der Waals surface area contributed by atoms with Gasteiger partial charge in [0.2, 0.25) is 0 Å². The van der Waals surface area contributed by atoms with Gasteiger partial charge in [-0.2, -0.15) is 0 Å². The predicted octanol–water partition coefficient (Wildman–Crippen LogP) is 3.43. The molecule has 1 aliphatic rings. The number of ether oxygens (including phenoxy) is 2. The van der Waals surface area contributed by atoms with Gasteiger partial charge in [0.15, 0.2) is 0 Å². The molecule has 1 aliphatic carbocycles. The van der Waals surface area contributed by atoms with Crippen molar-refractivity contribution < 1.29 is 24.2 Å². The zero-order valence-electron chi connectivity index (χ0n) is 13.9. The molecule has 0 aromatic heterocycles. The Hall–Kier alpha value is -0.370. The number of rotatable bonds is 7. The number of esters is 1. The largest absolute Gasteiger partial charge is 0.481 e. The number of carboxylic acids is 1. The first kappa shape index (κ1) is 19.7. The van der Waals surface area contributed by atoms with Gasteiger partial charge in [-0.15, -0.1) is 0 Å². The van der Waals surface area contributed by atoms with Gasteiger partial charge >= 0.3 is 11.9 Å². The van der Waals surface area contributed by atoms with Crippen molar-refractivity contribution in [2.75, 3.05) is 13.7 Å². The molecule has 0 saturated heterocycles. The molecule has 0 aliphatic heterocycles. The van der Waals surface area contributed by atoms with E-state index in [1.165, 1.54) is 0 Å². The molecule has 2 unspecified atom stereocenters. The monoisotopic (exact) mass is 426 g/mol. The minimum absolute atomic E-state index is 0.0510. The summed E-state index contributed by atoms with van der Waals surface area (Å²) in [4.78, 5) is 24.3. The Balaban J connectivity index is 2.91. The summed E-state index contributed by atoms with van der Waals surface area (Å²) in [5.74, 6) is -1.55. The maximum absolute atomic E-state index is 12.5. The molecule has 6 heteroatoms. The molecule has 3 atom stereocenters. The third kappa shape index (κ3) is 5.08. The first-order chi connectivity index (χ1) is 10.1. The Morgan fingerprint density at radius 2 is 2.05 bits per heavy atom. The maximum Gasteiger partial charge on any atom is 0.310 e. The van der Waals surface area contributed by atoms with E-state index in [2.05, 4.69) is 22.6 Å². The predicted molar refractivity (Wildman–Crippen MR) is 92.2 cm³/mol. The standard InChI is InChI=1S/C16H27IO5/c1-15(2,3)22-13(18)11(7-9-21-4)10-16(14(19)20)8-5-6-12(16)17/h11-12H,5-10H2,1-4H3,(H,19,20)/t11-,12?,16?/m1/s1. The highest BCUT2D eigenvalue weighted by Crippen LogP contribution is 2.48. The van der Waals surface area contributed by atoms with Crippen LogP contribution in [0.25, 0.3) is 0 Å². The average Bonchev–Trinajstić information content (AvgIpc) is 2.74. The smallest absolute Gasteiger partial charge is 0.310 e. The summed E-state index contributed by atoms with van der Waals surface area (Å²) >= 11 is 2.22. The third-order valence-corrected chi connectivity index (χ3v) is 5.94. The summed E-state index contributed by atoms with van der Waals surface area (Å²) in [6, 6.07) is 0. The molecule has 0 bridgehead atoms. The summed E-state index contributed by atoms with van der Waals surface area (Å²) in [5, 5.41) is 9.73. The molecule has 128 valence electrons. The highest BCUT2D eigenvalue weighted by atomic mass is 127. The Bertz CT molecular complexity index is 404. The highest BCUT2D eigenvalue weighted by Gasteiger charge is 2.50. The van der Waals surface area contributed by atoms with Crippen LogP contribution in [-0.4, -0.2) is 40.3 Å². The third-order valence-electron chi connectivity index (χ3n) is 4.13. The zero-order valence-corrected chi connectivity index (χ0v) is 16.0. The van der Waals surface area contributed by atoms with Gasteiger partial charge in [0.05, 0.1) is 11.3 Å². The van der Waals surface area contributed by atoms with Crippen molar-refractivity contribution in [1.29, 1.82) is 0 Å². The van der Waals surface area contributed by atoms with E-state index >= 15 is 0 Å². The normalized spacial score (nSPS) is 26.7. The van der Waals surface area contributed by atoms with Crippen molar-refractivity contribution in [2.24, 2.45) is 11.3 Å². The van der Waals surface area contributed by atoms with Crippen LogP contribution in [-0.2, 0) is 19.1 Å². The van der Waals surface area contributed by atoms with Crippen LogP contribution in [0.5, 0.6) is 0 Å². The van der Waals surface area contributed by atoms with Crippen LogP contribution >= 0.6 is 22.6 Å². The number of aliphatic carboxylic acids is 1. The lowest BCUT2D eigenvalue weighted by Crippen LogP contribution is -2.40. The number of halogens is 1. The van der Waals surface area contributed by atoms with Crippen molar-refractivity contribution in [3.05, 3.63) is 0 Å². The molecule has 5 nitrogen and oxygen atoms in total. The van der Waals surface area contributed by atoms with Gasteiger partial charge in [0.25, 0.3) is 0 Å². The van der Waals surface area contributed by atoms with Crippen molar-refractivity contribution in [1.82, 2.24) is 0 Å². The summed E-state index contributed by atoms with van der Waals surface area (Å²) in [6.07, 6.45) is 3.23. The van der Waals surface area contributed by atoms with Gasteiger partial charge in [-0.25, -0.2) is 0 Å². The summed E-state index contributed by atoms with van der Waals surface area (Å²) in [7, 11) is 1.58. The number of carbonyl (C=O) groups excluding carboxylic acids is 1. The number of hydrogen-bond acceptors (Lipinski definition) is 4. The Kier molecular flexibility index (Phi) is 7.11. The van der Waals surface area contributed by atoms with Crippen LogP contribution in [0.3, 0.4) is 0 Å². The Morgan fingerprint density at radius 1 is 1.41 bits per heavy atom. The van der Waals surface area contributed by atoms with Crippen LogP contribution in [0.1, 0.15) is 52.9 Å².